The Labute approximate surface area is 147 Å². The van der Waals surface area contributed by atoms with Gasteiger partial charge in [-0.05, 0) is 61.8 Å². The van der Waals surface area contributed by atoms with Crippen LogP contribution in [0.4, 0.5) is 0 Å². The highest BCUT2D eigenvalue weighted by atomic mass is 35.5. The van der Waals surface area contributed by atoms with E-state index >= 15 is 0 Å². The van der Waals surface area contributed by atoms with Crippen molar-refractivity contribution in [3.05, 3.63) is 34.3 Å². The quantitative estimate of drug-likeness (QED) is 0.914. The van der Waals surface area contributed by atoms with Gasteiger partial charge in [0, 0.05) is 29.9 Å². The van der Waals surface area contributed by atoms with Crippen molar-refractivity contribution < 1.29 is 9.59 Å². The summed E-state index contributed by atoms with van der Waals surface area (Å²) in [4.78, 5) is 26.7. The molecule has 4 nitrogen and oxygen atoms in total. The van der Waals surface area contributed by atoms with Gasteiger partial charge in [-0.2, -0.15) is 0 Å². The minimum Gasteiger partial charge on any atom is -0.349 e. The number of carbonyl (C=O) groups is 2. The Morgan fingerprint density at radius 2 is 1.79 bits per heavy atom. The van der Waals surface area contributed by atoms with Crippen LogP contribution in [0.2, 0.25) is 5.02 Å². The largest absolute Gasteiger partial charge is 0.349 e. The van der Waals surface area contributed by atoms with E-state index in [9.17, 15) is 9.59 Å². The summed E-state index contributed by atoms with van der Waals surface area (Å²) in [5, 5.41) is 3.98. The molecule has 1 saturated heterocycles. The zero-order valence-corrected chi connectivity index (χ0v) is 14.5. The van der Waals surface area contributed by atoms with E-state index in [4.69, 9.17) is 11.6 Å². The summed E-state index contributed by atoms with van der Waals surface area (Å²) >= 11 is 6.04. The monoisotopic (exact) mass is 346 g/mol. The first-order chi connectivity index (χ1) is 11.6. The van der Waals surface area contributed by atoms with Crippen LogP contribution < -0.4 is 5.32 Å². The van der Waals surface area contributed by atoms with E-state index in [0.29, 0.717) is 5.91 Å². The predicted molar refractivity (Wildman–Crippen MR) is 92.7 cm³/mol. The Bertz CT molecular complexity index is 663. The second-order valence-corrected chi connectivity index (χ2v) is 7.75. The van der Waals surface area contributed by atoms with Gasteiger partial charge in [-0.1, -0.05) is 17.7 Å². The second-order valence-electron chi connectivity index (χ2n) is 7.32. The van der Waals surface area contributed by atoms with Crippen LogP contribution in [0, 0.1) is 11.8 Å². The molecule has 24 heavy (non-hydrogen) atoms. The third-order valence-corrected chi connectivity index (χ3v) is 5.84. The topological polar surface area (TPSA) is 49.4 Å². The Hall–Kier alpha value is -1.55. The van der Waals surface area contributed by atoms with E-state index in [2.05, 4.69) is 5.32 Å². The van der Waals surface area contributed by atoms with Gasteiger partial charge in [-0.3, -0.25) is 9.59 Å². The number of carbonyl (C=O) groups excluding carboxylic acids is 2. The van der Waals surface area contributed by atoms with Gasteiger partial charge in [-0.25, -0.2) is 0 Å². The van der Waals surface area contributed by atoms with Crippen LogP contribution in [0.3, 0.4) is 0 Å². The number of benzene rings is 1. The van der Waals surface area contributed by atoms with Gasteiger partial charge in [-0.15, -0.1) is 0 Å². The third kappa shape index (κ3) is 3.16. The highest BCUT2D eigenvalue weighted by molar-refractivity contribution is 6.30. The molecule has 2 fully saturated rings. The Morgan fingerprint density at radius 3 is 2.50 bits per heavy atom. The van der Waals surface area contributed by atoms with Crippen LogP contribution >= 0.6 is 11.6 Å². The number of hydrogen-bond donors (Lipinski definition) is 1. The maximum Gasteiger partial charge on any atom is 0.225 e. The lowest BCUT2D eigenvalue weighted by atomic mass is 9.95. The smallest absolute Gasteiger partial charge is 0.225 e. The molecule has 1 aliphatic heterocycles. The van der Waals surface area contributed by atoms with Crippen molar-refractivity contribution in [2.24, 2.45) is 11.8 Å². The molecule has 1 aromatic rings. The van der Waals surface area contributed by atoms with Crippen molar-refractivity contribution in [1.29, 1.82) is 0 Å². The van der Waals surface area contributed by atoms with Gasteiger partial charge < -0.3 is 10.2 Å². The van der Waals surface area contributed by atoms with Gasteiger partial charge >= 0.3 is 0 Å². The lowest BCUT2D eigenvalue weighted by Crippen LogP contribution is -2.44. The van der Waals surface area contributed by atoms with Crippen LogP contribution in [0.25, 0.3) is 0 Å². The molecule has 2 amide bonds. The van der Waals surface area contributed by atoms with E-state index in [1.807, 2.05) is 23.1 Å². The van der Waals surface area contributed by atoms with E-state index in [1.165, 1.54) is 11.1 Å². The van der Waals surface area contributed by atoms with Gasteiger partial charge in [0.25, 0.3) is 0 Å². The van der Waals surface area contributed by atoms with Crippen molar-refractivity contribution in [1.82, 2.24) is 10.2 Å². The average Bonchev–Trinajstić information content (AvgIpc) is 3.37. The first-order valence-corrected chi connectivity index (χ1v) is 9.37. The first-order valence-electron chi connectivity index (χ1n) is 8.99. The normalized spacial score (nSPS) is 23.9. The molecule has 128 valence electrons. The number of aryl methyl sites for hydroxylation is 1. The highest BCUT2D eigenvalue weighted by Gasteiger charge is 2.36. The van der Waals surface area contributed by atoms with E-state index < -0.39 is 0 Å². The molecule has 0 spiro atoms. The minimum absolute atomic E-state index is 0.0320. The molecule has 4 rings (SSSR count). The predicted octanol–water partition coefficient (Wildman–Crippen LogP) is 3.09. The summed E-state index contributed by atoms with van der Waals surface area (Å²) in [6.07, 6.45) is 5.57. The Kier molecular flexibility index (Phi) is 4.25. The SMILES string of the molecule is O=C(N[C@@H]1CCc2cc(Cl)ccc21)C1CCN(C(=O)C2CC2)CC1. The van der Waals surface area contributed by atoms with Crippen LogP contribution in [0.1, 0.15) is 49.3 Å². The number of likely N-dealkylation sites (tertiary alicyclic amines) is 1. The zero-order chi connectivity index (χ0) is 16.7. The van der Waals surface area contributed by atoms with E-state index in [0.717, 1.165) is 56.6 Å². The zero-order valence-electron chi connectivity index (χ0n) is 13.8. The number of piperidine rings is 1. The first kappa shape index (κ1) is 15.9. The molecular formula is C19H23ClN2O2. The maximum atomic E-state index is 12.6. The molecule has 0 aromatic heterocycles. The summed E-state index contributed by atoms with van der Waals surface area (Å²) in [5.74, 6) is 0.749. The molecule has 0 unspecified atom stereocenters. The number of amides is 2. The Morgan fingerprint density at radius 1 is 1.04 bits per heavy atom. The molecule has 0 radical (unpaired) electrons. The van der Waals surface area contributed by atoms with Crippen molar-refractivity contribution in [2.75, 3.05) is 13.1 Å². The lowest BCUT2D eigenvalue weighted by Gasteiger charge is -2.32. The van der Waals surface area contributed by atoms with Gasteiger partial charge in [0.05, 0.1) is 6.04 Å². The van der Waals surface area contributed by atoms with Crippen LogP contribution in [0.5, 0.6) is 0 Å². The summed E-state index contributed by atoms with van der Waals surface area (Å²) in [6, 6.07) is 6.04. The number of rotatable bonds is 3. The average molecular weight is 347 g/mol. The van der Waals surface area contributed by atoms with E-state index in [-0.39, 0.29) is 23.8 Å². The molecule has 3 aliphatic rings. The Balaban J connectivity index is 1.32. The molecule has 1 aromatic carbocycles. The molecule has 1 heterocycles. The molecule has 1 atom stereocenters. The van der Waals surface area contributed by atoms with Gasteiger partial charge in [0.15, 0.2) is 0 Å². The van der Waals surface area contributed by atoms with Gasteiger partial charge in [0.2, 0.25) is 11.8 Å². The minimum atomic E-state index is 0.0320. The number of hydrogen-bond acceptors (Lipinski definition) is 2. The molecule has 2 aliphatic carbocycles. The fourth-order valence-corrected chi connectivity index (χ4v) is 4.17. The van der Waals surface area contributed by atoms with Crippen LogP contribution in [-0.2, 0) is 16.0 Å². The number of fused-ring (bicyclic) bond motifs is 1. The summed E-state index contributed by atoms with van der Waals surface area (Å²) < 4.78 is 0. The molecular weight excluding hydrogens is 324 g/mol. The molecule has 5 heteroatoms. The third-order valence-electron chi connectivity index (χ3n) is 5.60. The molecule has 1 N–H and O–H groups in total. The number of nitrogens with one attached hydrogen (secondary N) is 1. The summed E-state index contributed by atoms with van der Waals surface area (Å²) in [5.41, 5.74) is 2.45. The summed E-state index contributed by atoms with van der Waals surface area (Å²) in [7, 11) is 0. The van der Waals surface area contributed by atoms with Crippen LogP contribution in [-0.4, -0.2) is 29.8 Å². The van der Waals surface area contributed by atoms with Crippen LogP contribution in [0.15, 0.2) is 18.2 Å². The van der Waals surface area contributed by atoms with Crippen molar-refractivity contribution in [3.8, 4) is 0 Å². The fraction of sp³-hybridized carbons (Fsp3) is 0.579. The molecule has 0 bridgehead atoms. The lowest BCUT2D eigenvalue weighted by molar-refractivity contribution is -0.136. The van der Waals surface area contributed by atoms with Crippen molar-refractivity contribution >= 4 is 23.4 Å². The van der Waals surface area contributed by atoms with Crippen molar-refractivity contribution in [3.63, 3.8) is 0 Å². The fourth-order valence-electron chi connectivity index (χ4n) is 3.98. The summed E-state index contributed by atoms with van der Waals surface area (Å²) in [6.45, 7) is 1.45. The standard InChI is InChI=1S/C19H23ClN2O2/c20-15-4-5-16-14(11-15)3-6-17(16)21-18(23)12-7-9-22(10-8-12)19(24)13-1-2-13/h4-5,11-13,17H,1-3,6-10H2,(H,21,23)/t17-/m1/s1. The highest BCUT2D eigenvalue weighted by Crippen LogP contribution is 2.34. The molecule has 1 saturated carbocycles. The second kappa shape index (κ2) is 6.40. The van der Waals surface area contributed by atoms with E-state index in [1.54, 1.807) is 0 Å². The maximum absolute atomic E-state index is 12.6. The number of halogens is 1. The number of nitrogens with zero attached hydrogens (tertiary/aromatic N) is 1. The van der Waals surface area contributed by atoms with Crippen molar-refractivity contribution in [2.45, 2.75) is 44.6 Å². The van der Waals surface area contributed by atoms with Gasteiger partial charge in [0.1, 0.15) is 0 Å².